The van der Waals surface area contributed by atoms with Crippen LogP contribution in [0.4, 0.5) is 0 Å². The number of aryl methyl sites for hydroxylation is 1. The predicted molar refractivity (Wildman–Crippen MR) is 60.3 cm³/mol. The average Bonchev–Trinajstić information content (AvgIpc) is 2.52. The van der Waals surface area contributed by atoms with Gasteiger partial charge < -0.3 is 5.73 Å². The molecule has 0 saturated heterocycles. The van der Waals surface area contributed by atoms with Gasteiger partial charge in [-0.2, -0.15) is 0 Å². The van der Waals surface area contributed by atoms with Crippen LogP contribution in [0, 0.1) is 0 Å². The smallest absolute Gasteiger partial charge is 0.178 e. The van der Waals surface area contributed by atoms with Gasteiger partial charge in [0.15, 0.2) is 9.84 Å². The van der Waals surface area contributed by atoms with Gasteiger partial charge >= 0.3 is 0 Å². The summed E-state index contributed by atoms with van der Waals surface area (Å²) in [4.78, 5) is 0.493. The van der Waals surface area contributed by atoms with Crippen LogP contribution in [-0.4, -0.2) is 20.7 Å². The molecule has 3 nitrogen and oxygen atoms in total. The van der Waals surface area contributed by atoms with E-state index in [1.54, 1.807) is 6.07 Å². The standard InChI is InChI=1S/C11H13NO2S/c12-6-1-2-9-3-4-11-10(8-9)5-7-15(11,13)14/h1-4,8H,5-7,12H2/b2-1+. The molecule has 0 saturated carbocycles. The molecule has 1 aliphatic rings. The summed E-state index contributed by atoms with van der Waals surface area (Å²) in [5.74, 6) is 0.242. The Morgan fingerprint density at radius 2 is 2.20 bits per heavy atom. The molecule has 1 aromatic carbocycles. The van der Waals surface area contributed by atoms with E-state index in [-0.39, 0.29) is 5.75 Å². The maximum atomic E-state index is 11.5. The SMILES string of the molecule is NC/C=C/c1ccc2c(c1)CCS2(=O)=O. The van der Waals surface area contributed by atoms with E-state index in [0.717, 1.165) is 11.1 Å². The number of nitrogens with two attached hydrogens (primary N) is 1. The maximum Gasteiger partial charge on any atom is 0.178 e. The summed E-state index contributed by atoms with van der Waals surface area (Å²) in [5.41, 5.74) is 7.29. The summed E-state index contributed by atoms with van der Waals surface area (Å²) < 4.78 is 23.1. The Morgan fingerprint density at radius 3 is 2.93 bits per heavy atom. The van der Waals surface area contributed by atoms with Crippen molar-refractivity contribution in [3.05, 3.63) is 35.4 Å². The van der Waals surface area contributed by atoms with Crippen molar-refractivity contribution >= 4 is 15.9 Å². The fraction of sp³-hybridized carbons (Fsp3) is 0.273. The largest absolute Gasteiger partial charge is 0.327 e. The summed E-state index contributed by atoms with van der Waals surface area (Å²) in [6.07, 6.45) is 4.39. The summed E-state index contributed by atoms with van der Waals surface area (Å²) in [6, 6.07) is 5.42. The van der Waals surface area contributed by atoms with Gasteiger partial charge in [0.1, 0.15) is 0 Å². The van der Waals surface area contributed by atoms with Crippen LogP contribution in [0.5, 0.6) is 0 Å². The molecule has 0 aliphatic carbocycles. The quantitative estimate of drug-likeness (QED) is 0.813. The van der Waals surface area contributed by atoms with Gasteiger partial charge in [-0.1, -0.05) is 24.3 Å². The average molecular weight is 223 g/mol. The van der Waals surface area contributed by atoms with Crippen molar-refractivity contribution in [3.8, 4) is 0 Å². The topological polar surface area (TPSA) is 60.2 Å². The van der Waals surface area contributed by atoms with Crippen LogP contribution in [0.15, 0.2) is 29.2 Å². The number of sulfone groups is 1. The van der Waals surface area contributed by atoms with E-state index in [1.165, 1.54) is 0 Å². The molecule has 0 amide bonds. The molecule has 0 atom stereocenters. The van der Waals surface area contributed by atoms with Crippen LogP contribution in [-0.2, 0) is 16.3 Å². The molecule has 0 fully saturated rings. The molecule has 0 aromatic heterocycles. The van der Waals surface area contributed by atoms with Crippen molar-refractivity contribution < 1.29 is 8.42 Å². The monoisotopic (exact) mass is 223 g/mol. The lowest BCUT2D eigenvalue weighted by Gasteiger charge is -1.99. The number of benzene rings is 1. The molecule has 2 rings (SSSR count). The van der Waals surface area contributed by atoms with Crippen molar-refractivity contribution in [2.24, 2.45) is 5.73 Å². The van der Waals surface area contributed by atoms with Gasteiger partial charge in [-0.05, 0) is 23.6 Å². The van der Waals surface area contributed by atoms with Crippen LogP contribution in [0.2, 0.25) is 0 Å². The Morgan fingerprint density at radius 1 is 1.40 bits per heavy atom. The zero-order valence-corrected chi connectivity index (χ0v) is 9.13. The molecule has 0 bridgehead atoms. The van der Waals surface area contributed by atoms with Crippen molar-refractivity contribution in [1.29, 1.82) is 0 Å². The summed E-state index contributed by atoms with van der Waals surface area (Å²) in [5, 5.41) is 0. The highest BCUT2D eigenvalue weighted by molar-refractivity contribution is 7.91. The highest BCUT2D eigenvalue weighted by Gasteiger charge is 2.25. The molecule has 0 radical (unpaired) electrons. The van der Waals surface area contributed by atoms with Gasteiger partial charge in [0.25, 0.3) is 0 Å². The highest BCUT2D eigenvalue weighted by Crippen LogP contribution is 2.26. The molecule has 2 N–H and O–H groups in total. The summed E-state index contributed by atoms with van der Waals surface area (Å²) in [6.45, 7) is 0.495. The zero-order chi connectivity index (χ0) is 10.9. The fourth-order valence-electron chi connectivity index (χ4n) is 1.76. The Labute approximate surface area is 89.5 Å². The van der Waals surface area contributed by atoms with Crippen LogP contribution < -0.4 is 5.73 Å². The van der Waals surface area contributed by atoms with Gasteiger partial charge in [0, 0.05) is 6.54 Å². The van der Waals surface area contributed by atoms with E-state index < -0.39 is 9.84 Å². The lowest BCUT2D eigenvalue weighted by Crippen LogP contribution is -1.98. The third-order valence-corrected chi connectivity index (χ3v) is 4.32. The second-order valence-electron chi connectivity index (χ2n) is 3.57. The van der Waals surface area contributed by atoms with Crippen molar-refractivity contribution in [1.82, 2.24) is 0 Å². The molecule has 0 spiro atoms. The van der Waals surface area contributed by atoms with Crippen LogP contribution in [0.3, 0.4) is 0 Å². The highest BCUT2D eigenvalue weighted by atomic mass is 32.2. The fourth-order valence-corrected chi connectivity index (χ4v) is 3.30. The van der Waals surface area contributed by atoms with E-state index in [2.05, 4.69) is 0 Å². The van der Waals surface area contributed by atoms with Gasteiger partial charge in [-0.15, -0.1) is 0 Å². The van der Waals surface area contributed by atoms with Crippen molar-refractivity contribution in [2.45, 2.75) is 11.3 Å². The maximum absolute atomic E-state index is 11.5. The minimum absolute atomic E-state index is 0.242. The van der Waals surface area contributed by atoms with E-state index >= 15 is 0 Å². The van der Waals surface area contributed by atoms with E-state index in [1.807, 2.05) is 24.3 Å². The number of hydrogen-bond donors (Lipinski definition) is 1. The van der Waals surface area contributed by atoms with E-state index in [9.17, 15) is 8.42 Å². The molecule has 4 heteroatoms. The van der Waals surface area contributed by atoms with E-state index in [4.69, 9.17) is 5.73 Å². The number of fused-ring (bicyclic) bond motifs is 1. The van der Waals surface area contributed by atoms with E-state index in [0.29, 0.717) is 17.9 Å². The van der Waals surface area contributed by atoms with Gasteiger partial charge in [0.05, 0.1) is 10.6 Å². The molecule has 1 aromatic rings. The third-order valence-electron chi connectivity index (χ3n) is 2.51. The Bertz CT molecular complexity index is 503. The summed E-state index contributed by atoms with van der Waals surface area (Å²) >= 11 is 0. The molecule has 1 aliphatic heterocycles. The first kappa shape index (κ1) is 10.4. The minimum Gasteiger partial charge on any atom is -0.327 e. The van der Waals surface area contributed by atoms with Gasteiger partial charge in [0.2, 0.25) is 0 Å². The van der Waals surface area contributed by atoms with Crippen LogP contribution >= 0.6 is 0 Å². The second kappa shape index (κ2) is 3.79. The van der Waals surface area contributed by atoms with Gasteiger partial charge in [-0.3, -0.25) is 0 Å². The first-order chi connectivity index (χ1) is 7.13. The van der Waals surface area contributed by atoms with Gasteiger partial charge in [-0.25, -0.2) is 8.42 Å². The summed E-state index contributed by atoms with van der Waals surface area (Å²) in [7, 11) is -2.99. The zero-order valence-electron chi connectivity index (χ0n) is 8.31. The number of rotatable bonds is 2. The predicted octanol–water partition coefficient (Wildman–Crippen LogP) is 0.988. The molecular formula is C11H13NO2S. The minimum atomic E-state index is -2.99. The molecule has 15 heavy (non-hydrogen) atoms. The molecule has 80 valence electrons. The lowest BCUT2D eigenvalue weighted by molar-refractivity contribution is 0.600. The van der Waals surface area contributed by atoms with Crippen LogP contribution in [0.25, 0.3) is 6.08 Å². The van der Waals surface area contributed by atoms with Crippen molar-refractivity contribution in [3.63, 3.8) is 0 Å². The molecule has 0 unspecified atom stereocenters. The van der Waals surface area contributed by atoms with Crippen molar-refractivity contribution in [2.75, 3.05) is 12.3 Å². The first-order valence-electron chi connectivity index (χ1n) is 4.86. The third kappa shape index (κ3) is 1.96. The Hall–Kier alpha value is -1.13. The lowest BCUT2D eigenvalue weighted by atomic mass is 10.1. The normalized spacial score (nSPS) is 18.2. The molecular weight excluding hydrogens is 210 g/mol. The Balaban J connectivity index is 2.42. The van der Waals surface area contributed by atoms with Crippen LogP contribution in [0.1, 0.15) is 11.1 Å². The second-order valence-corrected chi connectivity index (χ2v) is 5.65. The number of hydrogen-bond acceptors (Lipinski definition) is 3. The molecule has 1 heterocycles. The first-order valence-corrected chi connectivity index (χ1v) is 6.51. The Kier molecular flexibility index (Phi) is 2.63.